The van der Waals surface area contributed by atoms with Gasteiger partial charge in [0, 0.05) is 11.9 Å². The van der Waals surface area contributed by atoms with Crippen molar-refractivity contribution in [1.82, 2.24) is 4.98 Å². The van der Waals surface area contributed by atoms with Crippen molar-refractivity contribution in [2.45, 2.75) is 17.9 Å². The molecule has 0 spiro atoms. The van der Waals surface area contributed by atoms with Gasteiger partial charge in [0.05, 0.1) is 10.6 Å². The Balaban J connectivity index is 2.01. The topological polar surface area (TPSA) is 50.2 Å². The molecule has 0 aliphatic heterocycles. The molecular formula is C10H11NO2S. The Hall–Kier alpha value is -1.03. The van der Waals surface area contributed by atoms with Crippen molar-refractivity contribution in [1.29, 1.82) is 0 Å². The van der Waals surface area contributed by atoms with E-state index >= 15 is 0 Å². The molecule has 1 N–H and O–H groups in total. The lowest BCUT2D eigenvalue weighted by molar-refractivity contribution is 0.0696. The zero-order valence-electron chi connectivity index (χ0n) is 7.64. The summed E-state index contributed by atoms with van der Waals surface area (Å²) in [6, 6.07) is 3.15. The minimum atomic E-state index is -0.888. The minimum Gasteiger partial charge on any atom is -0.478 e. The zero-order chi connectivity index (χ0) is 9.97. The van der Waals surface area contributed by atoms with E-state index in [1.165, 1.54) is 18.9 Å². The van der Waals surface area contributed by atoms with E-state index in [0.717, 1.165) is 16.7 Å². The van der Waals surface area contributed by atoms with E-state index in [2.05, 4.69) is 4.98 Å². The van der Waals surface area contributed by atoms with Gasteiger partial charge in [0.25, 0.3) is 0 Å². The van der Waals surface area contributed by atoms with Crippen LogP contribution in [0.2, 0.25) is 0 Å². The second-order valence-corrected chi connectivity index (χ2v) is 4.48. The highest BCUT2D eigenvalue weighted by Gasteiger charge is 2.21. The molecule has 0 radical (unpaired) electrons. The molecule has 1 saturated carbocycles. The number of aromatic carboxylic acids is 1. The van der Waals surface area contributed by atoms with E-state index in [1.807, 2.05) is 0 Å². The molecule has 0 unspecified atom stereocenters. The first-order chi connectivity index (χ1) is 6.75. The summed E-state index contributed by atoms with van der Waals surface area (Å²) in [6.45, 7) is 0. The molecule has 3 nitrogen and oxygen atoms in total. The van der Waals surface area contributed by atoms with E-state index in [0.29, 0.717) is 5.56 Å². The van der Waals surface area contributed by atoms with Crippen LogP contribution >= 0.6 is 11.8 Å². The van der Waals surface area contributed by atoms with Crippen LogP contribution in [0.5, 0.6) is 0 Å². The van der Waals surface area contributed by atoms with Crippen LogP contribution in [0.3, 0.4) is 0 Å². The summed E-state index contributed by atoms with van der Waals surface area (Å²) < 4.78 is 0. The Morgan fingerprint density at radius 1 is 1.64 bits per heavy atom. The van der Waals surface area contributed by atoms with Gasteiger partial charge in [-0.25, -0.2) is 9.78 Å². The number of thioether (sulfide) groups is 1. The largest absolute Gasteiger partial charge is 0.478 e. The first-order valence-electron chi connectivity index (χ1n) is 4.58. The van der Waals surface area contributed by atoms with Gasteiger partial charge in [-0.15, -0.1) is 11.8 Å². The van der Waals surface area contributed by atoms with Gasteiger partial charge >= 0.3 is 5.97 Å². The Bertz CT molecular complexity index is 350. The van der Waals surface area contributed by atoms with Crippen LogP contribution in [0.1, 0.15) is 23.2 Å². The molecule has 0 amide bonds. The highest BCUT2D eigenvalue weighted by molar-refractivity contribution is 7.99. The van der Waals surface area contributed by atoms with Gasteiger partial charge in [-0.1, -0.05) is 0 Å². The molecule has 2 rings (SSSR count). The van der Waals surface area contributed by atoms with Gasteiger partial charge in [-0.05, 0) is 30.9 Å². The van der Waals surface area contributed by atoms with Crippen molar-refractivity contribution in [3.63, 3.8) is 0 Å². The van der Waals surface area contributed by atoms with Gasteiger partial charge in [0.1, 0.15) is 0 Å². The fourth-order valence-electron chi connectivity index (χ4n) is 1.11. The highest BCUT2D eigenvalue weighted by Crippen LogP contribution is 2.34. The van der Waals surface area contributed by atoms with Crippen LogP contribution in [-0.2, 0) is 0 Å². The van der Waals surface area contributed by atoms with Crippen molar-refractivity contribution in [2.75, 3.05) is 5.75 Å². The molecule has 0 atom stereocenters. The van der Waals surface area contributed by atoms with E-state index < -0.39 is 5.97 Å². The normalized spacial score (nSPS) is 15.4. The van der Waals surface area contributed by atoms with Gasteiger partial charge < -0.3 is 5.11 Å². The molecule has 1 heterocycles. The first-order valence-corrected chi connectivity index (χ1v) is 5.56. The third-order valence-corrected chi connectivity index (χ3v) is 3.30. The molecule has 4 heteroatoms. The average molecular weight is 209 g/mol. The number of pyridine rings is 1. The number of hydrogen-bond acceptors (Lipinski definition) is 3. The molecule has 1 aromatic rings. The molecule has 0 saturated heterocycles. The van der Waals surface area contributed by atoms with Crippen LogP contribution < -0.4 is 0 Å². The molecular weight excluding hydrogens is 198 g/mol. The van der Waals surface area contributed by atoms with Gasteiger partial charge in [0.15, 0.2) is 0 Å². The van der Waals surface area contributed by atoms with Gasteiger partial charge in [0.2, 0.25) is 0 Å². The lowest BCUT2D eigenvalue weighted by atomic mass is 10.3. The van der Waals surface area contributed by atoms with Crippen molar-refractivity contribution in [2.24, 2.45) is 5.92 Å². The molecule has 0 bridgehead atoms. The third-order valence-electron chi connectivity index (χ3n) is 2.15. The van der Waals surface area contributed by atoms with E-state index in [-0.39, 0.29) is 0 Å². The molecule has 74 valence electrons. The summed E-state index contributed by atoms with van der Waals surface area (Å²) in [5.74, 6) is 1.01. The molecule has 14 heavy (non-hydrogen) atoms. The number of rotatable bonds is 4. The van der Waals surface area contributed by atoms with Crippen LogP contribution in [0, 0.1) is 5.92 Å². The molecule has 1 aromatic heterocycles. The Labute approximate surface area is 86.5 Å². The Kier molecular flexibility index (Phi) is 2.72. The number of carboxylic acids is 1. The molecule has 0 aromatic carbocycles. The Morgan fingerprint density at radius 2 is 2.43 bits per heavy atom. The smallest absolute Gasteiger partial charge is 0.335 e. The molecule has 1 fully saturated rings. The SMILES string of the molecule is O=C(O)c1ccnc(SCC2CC2)c1. The summed E-state index contributed by atoms with van der Waals surface area (Å²) in [5, 5.41) is 9.58. The van der Waals surface area contributed by atoms with E-state index in [1.54, 1.807) is 24.0 Å². The summed E-state index contributed by atoms with van der Waals surface area (Å²) in [6.07, 6.45) is 4.18. The van der Waals surface area contributed by atoms with E-state index in [9.17, 15) is 4.79 Å². The predicted octanol–water partition coefficient (Wildman–Crippen LogP) is 2.28. The lowest BCUT2D eigenvalue weighted by Gasteiger charge is -2.00. The first kappa shape index (κ1) is 9.52. The van der Waals surface area contributed by atoms with Gasteiger partial charge in [-0.2, -0.15) is 0 Å². The fraction of sp³-hybridized carbons (Fsp3) is 0.400. The number of nitrogens with zero attached hydrogens (tertiary/aromatic N) is 1. The summed E-state index contributed by atoms with van der Waals surface area (Å²) in [7, 11) is 0. The van der Waals surface area contributed by atoms with Crippen LogP contribution in [0.4, 0.5) is 0 Å². The standard InChI is InChI=1S/C10H11NO2S/c12-10(13)8-3-4-11-9(5-8)14-6-7-1-2-7/h3-5,7H,1-2,6H2,(H,12,13). The maximum Gasteiger partial charge on any atom is 0.335 e. The quantitative estimate of drug-likeness (QED) is 0.773. The summed E-state index contributed by atoms with van der Waals surface area (Å²) in [4.78, 5) is 14.8. The lowest BCUT2D eigenvalue weighted by Crippen LogP contribution is -1.97. The summed E-state index contributed by atoms with van der Waals surface area (Å²) >= 11 is 1.65. The predicted molar refractivity (Wildman–Crippen MR) is 54.6 cm³/mol. The van der Waals surface area contributed by atoms with Crippen molar-refractivity contribution >= 4 is 17.7 Å². The minimum absolute atomic E-state index is 0.318. The maximum absolute atomic E-state index is 10.7. The van der Waals surface area contributed by atoms with Crippen LogP contribution in [0.25, 0.3) is 0 Å². The third kappa shape index (κ3) is 2.48. The highest BCUT2D eigenvalue weighted by atomic mass is 32.2. The second-order valence-electron chi connectivity index (χ2n) is 3.44. The van der Waals surface area contributed by atoms with Crippen LogP contribution in [-0.4, -0.2) is 21.8 Å². The maximum atomic E-state index is 10.7. The van der Waals surface area contributed by atoms with Crippen molar-refractivity contribution in [3.8, 4) is 0 Å². The number of carbonyl (C=O) groups is 1. The zero-order valence-corrected chi connectivity index (χ0v) is 8.46. The Morgan fingerprint density at radius 3 is 3.07 bits per heavy atom. The fourth-order valence-corrected chi connectivity index (χ4v) is 2.19. The van der Waals surface area contributed by atoms with Gasteiger partial charge in [-0.3, -0.25) is 0 Å². The van der Waals surface area contributed by atoms with Crippen LogP contribution in [0.15, 0.2) is 23.4 Å². The number of hydrogen-bond donors (Lipinski definition) is 1. The molecule has 1 aliphatic rings. The van der Waals surface area contributed by atoms with E-state index in [4.69, 9.17) is 5.11 Å². The van der Waals surface area contributed by atoms with Crippen molar-refractivity contribution in [3.05, 3.63) is 23.9 Å². The number of aromatic nitrogens is 1. The summed E-state index contributed by atoms with van der Waals surface area (Å²) in [5.41, 5.74) is 0.318. The van der Waals surface area contributed by atoms with Crippen molar-refractivity contribution < 1.29 is 9.90 Å². The number of carboxylic acid groups (broad SMARTS) is 1. The average Bonchev–Trinajstić information content (AvgIpc) is 2.99. The molecule has 1 aliphatic carbocycles. The monoisotopic (exact) mass is 209 g/mol. The second kappa shape index (κ2) is 4.00.